The van der Waals surface area contributed by atoms with Gasteiger partial charge < -0.3 is 19.9 Å². The van der Waals surface area contributed by atoms with Gasteiger partial charge in [0.05, 0.1) is 13.2 Å². The molecule has 1 saturated heterocycles. The summed E-state index contributed by atoms with van der Waals surface area (Å²) in [5, 5.41) is 15.4. The second-order valence-electron chi connectivity index (χ2n) is 6.89. The molecule has 25 heavy (non-hydrogen) atoms. The Kier molecular flexibility index (Phi) is 6.63. The fourth-order valence-electron chi connectivity index (χ4n) is 3.31. The van der Waals surface area contributed by atoms with Crippen LogP contribution in [0.4, 0.5) is 0 Å². The summed E-state index contributed by atoms with van der Waals surface area (Å²) in [5.41, 5.74) is 0. The number of nitrogens with one attached hydrogen (secondary N) is 2. The molecule has 0 unspecified atom stereocenters. The third kappa shape index (κ3) is 5.40. The van der Waals surface area contributed by atoms with E-state index >= 15 is 0 Å². The summed E-state index contributed by atoms with van der Waals surface area (Å²) in [5.74, 6) is 2.69. The molecule has 0 radical (unpaired) electrons. The Balaban J connectivity index is 1.53. The number of rotatable bonds is 6. The van der Waals surface area contributed by atoms with Crippen LogP contribution in [0.2, 0.25) is 0 Å². The van der Waals surface area contributed by atoms with E-state index in [1.807, 2.05) is 18.5 Å². The maximum atomic E-state index is 5.40. The predicted octanol–water partition coefficient (Wildman–Crippen LogP) is 0.434. The molecule has 0 spiro atoms. The van der Waals surface area contributed by atoms with Gasteiger partial charge in [0.15, 0.2) is 11.8 Å². The summed E-state index contributed by atoms with van der Waals surface area (Å²) >= 11 is 0. The fraction of sp³-hybridized carbons (Fsp3) is 0.824. The lowest BCUT2D eigenvalue weighted by molar-refractivity contribution is 0.0389. The zero-order chi connectivity index (χ0) is 17.5. The van der Waals surface area contributed by atoms with Crippen LogP contribution in [-0.4, -0.2) is 71.1 Å². The summed E-state index contributed by atoms with van der Waals surface area (Å²) in [6.45, 7) is 8.11. The third-order valence-corrected chi connectivity index (χ3v) is 5.08. The van der Waals surface area contributed by atoms with Crippen LogP contribution in [0.25, 0.3) is 0 Å². The van der Waals surface area contributed by atoms with E-state index in [0.717, 1.165) is 57.0 Å². The smallest absolute Gasteiger partial charge is 0.191 e. The standard InChI is InChI=1S/C17H31N7O/c1-14-21-22-16(23(14)2)13-19-17(20-15-5-3-4-6-15)18-7-8-24-9-11-25-12-10-24/h15H,3-13H2,1-2H3,(H2,18,19,20). The van der Waals surface area contributed by atoms with Gasteiger partial charge in [-0.25, -0.2) is 4.99 Å². The lowest BCUT2D eigenvalue weighted by atomic mass is 10.2. The van der Waals surface area contributed by atoms with Crippen LogP contribution in [-0.2, 0) is 18.3 Å². The lowest BCUT2D eigenvalue weighted by Crippen LogP contribution is -2.46. The Morgan fingerprint density at radius 2 is 2.00 bits per heavy atom. The lowest BCUT2D eigenvalue weighted by Gasteiger charge is -2.27. The first-order valence-electron chi connectivity index (χ1n) is 9.42. The Bertz CT molecular complexity index is 559. The fourth-order valence-corrected chi connectivity index (χ4v) is 3.31. The monoisotopic (exact) mass is 349 g/mol. The van der Waals surface area contributed by atoms with Crippen molar-refractivity contribution in [2.45, 2.75) is 45.2 Å². The average molecular weight is 349 g/mol. The summed E-state index contributed by atoms with van der Waals surface area (Å²) in [4.78, 5) is 7.17. The molecule has 2 aliphatic rings. The minimum absolute atomic E-state index is 0.538. The first-order valence-corrected chi connectivity index (χ1v) is 9.42. The van der Waals surface area contributed by atoms with Gasteiger partial charge in [-0.05, 0) is 19.8 Å². The van der Waals surface area contributed by atoms with Crippen LogP contribution in [0.3, 0.4) is 0 Å². The first kappa shape index (κ1) is 18.1. The number of nitrogens with zero attached hydrogens (tertiary/aromatic N) is 5. The van der Waals surface area contributed by atoms with Crippen LogP contribution in [0.5, 0.6) is 0 Å². The van der Waals surface area contributed by atoms with Gasteiger partial charge >= 0.3 is 0 Å². The molecule has 2 N–H and O–H groups in total. The van der Waals surface area contributed by atoms with Crippen molar-refractivity contribution in [3.63, 3.8) is 0 Å². The van der Waals surface area contributed by atoms with Crippen LogP contribution >= 0.6 is 0 Å². The topological polar surface area (TPSA) is 79.6 Å². The van der Waals surface area contributed by atoms with E-state index < -0.39 is 0 Å². The van der Waals surface area contributed by atoms with Crippen LogP contribution in [0.1, 0.15) is 37.3 Å². The molecule has 0 amide bonds. The number of hydrogen-bond acceptors (Lipinski definition) is 5. The average Bonchev–Trinajstić information content (AvgIpc) is 3.25. The van der Waals surface area contributed by atoms with E-state index in [4.69, 9.17) is 9.73 Å². The molecule has 0 aromatic carbocycles. The predicted molar refractivity (Wildman–Crippen MR) is 97.5 cm³/mol. The number of guanidine groups is 1. The molecule has 1 saturated carbocycles. The number of aliphatic imine (C=N–C) groups is 1. The maximum absolute atomic E-state index is 5.40. The molecule has 2 heterocycles. The normalized spacial score (nSPS) is 20.2. The molecule has 8 nitrogen and oxygen atoms in total. The minimum Gasteiger partial charge on any atom is -0.379 e. The minimum atomic E-state index is 0.538. The Morgan fingerprint density at radius 1 is 1.24 bits per heavy atom. The van der Waals surface area contributed by atoms with Gasteiger partial charge in [0.2, 0.25) is 0 Å². The number of hydrogen-bond donors (Lipinski definition) is 2. The molecule has 3 rings (SSSR count). The number of aromatic nitrogens is 3. The molecule has 1 aliphatic carbocycles. The van der Waals surface area contributed by atoms with Crippen molar-refractivity contribution in [2.75, 3.05) is 39.4 Å². The summed E-state index contributed by atoms with van der Waals surface area (Å²) in [6.07, 6.45) is 5.07. The van der Waals surface area contributed by atoms with Crippen LogP contribution < -0.4 is 10.6 Å². The van der Waals surface area contributed by atoms with E-state index in [1.165, 1.54) is 25.7 Å². The van der Waals surface area contributed by atoms with Gasteiger partial charge in [0.1, 0.15) is 12.4 Å². The molecule has 1 aromatic rings. The molecule has 140 valence electrons. The molecular formula is C17H31N7O. The summed E-state index contributed by atoms with van der Waals surface area (Å²) < 4.78 is 7.39. The third-order valence-electron chi connectivity index (χ3n) is 5.08. The molecule has 0 bridgehead atoms. The van der Waals surface area contributed by atoms with E-state index in [0.29, 0.717) is 12.6 Å². The summed E-state index contributed by atoms with van der Waals surface area (Å²) in [6, 6.07) is 0.538. The van der Waals surface area contributed by atoms with Crippen molar-refractivity contribution < 1.29 is 4.74 Å². The van der Waals surface area contributed by atoms with Gasteiger partial charge in [-0.1, -0.05) is 12.8 Å². The second-order valence-corrected chi connectivity index (χ2v) is 6.89. The van der Waals surface area contributed by atoms with Crippen molar-refractivity contribution in [1.82, 2.24) is 30.3 Å². The Morgan fingerprint density at radius 3 is 2.68 bits per heavy atom. The van der Waals surface area contributed by atoms with Gasteiger partial charge in [0, 0.05) is 39.3 Å². The Hall–Kier alpha value is -1.67. The quantitative estimate of drug-likeness (QED) is 0.573. The summed E-state index contributed by atoms with van der Waals surface area (Å²) in [7, 11) is 1.98. The van der Waals surface area contributed by atoms with Crippen LogP contribution in [0.15, 0.2) is 4.99 Å². The van der Waals surface area contributed by atoms with Crippen molar-refractivity contribution in [3.05, 3.63) is 11.6 Å². The molecule has 1 aromatic heterocycles. The maximum Gasteiger partial charge on any atom is 0.191 e. The van der Waals surface area contributed by atoms with Crippen molar-refractivity contribution in [2.24, 2.45) is 12.0 Å². The molecule has 0 atom stereocenters. The zero-order valence-electron chi connectivity index (χ0n) is 15.5. The highest BCUT2D eigenvalue weighted by Gasteiger charge is 2.17. The number of ether oxygens (including phenoxy) is 1. The van der Waals surface area contributed by atoms with E-state index in [-0.39, 0.29) is 0 Å². The highest BCUT2D eigenvalue weighted by molar-refractivity contribution is 5.80. The number of aryl methyl sites for hydroxylation is 1. The van der Waals surface area contributed by atoms with Gasteiger partial charge in [-0.3, -0.25) is 4.90 Å². The van der Waals surface area contributed by atoms with Gasteiger partial charge in [-0.15, -0.1) is 10.2 Å². The van der Waals surface area contributed by atoms with E-state index in [1.54, 1.807) is 0 Å². The van der Waals surface area contributed by atoms with Gasteiger partial charge in [0.25, 0.3) is 0 Å². The highest BCUT2D eigenvalue weighted by Crippen LogP contribution is 2.17. The SMILES string of the molecule is Cc1nnc(CN=C(NCCN2CCOCC2)NC2CCCC2)n1C. The molecule has 2 fully saturated rings. The van der Waals surface area contributed by atoms with Gasteiger partial charge in [-0.2, -0.15) is 0 Å². The first-order chi connectivity index (χ1) is 12.2. The Labute approximate surface area is 150 Å². The highest BCUT2D eigenvalue weighted by atomic mass is 16.5. The zero-order valence-corrected chi connectivity index (χ0v) is 15.5. The molecular weight excluding hydrogens is 318 g/mol. The van der Waals surface area contributed by atoms with Crippen molar-refractivity contribution >= 4 is 5.96 Å². The van der Waals surface area contributed by atoms with Crippen molar-refractivity contribution in [3.8, 4) is 0 Å². The largest absolute Gasteiger partial charge is 0.379 e. The number of morpholine rings is 1. The van der Waals surface area contributed by atoms with Crippen molar-refractivity contribution in [1.29, 1.82) is 0 Å². The molecule has 8 heteroatoms. The van der Waals surface area contributed by atoms with E-state index in [9.17, 15) is 0 Å². The second kappa shape index (κ2) is 9.15. The van der Waals surface area contributed by atoms with E-state index in [2.05, 4.69) is 25.7 Å². The molecule has 1 aliphatic heterocycles. The van der Waals surface area contributed by atoms with Crippen LogP contribution in [0, 0.1) is 6.92 Å².